The number of rotatable bonds is 6. The number of hydrogen-bond acceptors (Lipinski definition) is 2. The Bertz CT molecular complexity index is 592. The zero-order valence-corrected chi connectivity index (χ0v) is 13.2. The summed E-state index contributed by atoms with van der Waals surface area (Å²) in [6.45, 7) is 0.856. The van der Waals surface area contributed by atoms with Crippen LogP contribution in [0, 0.1) is 11.7 Å². The lowest BCUT2D eigenvalue weighted by Gasteiger charge is -2.28. The highest BCUT2D eigenvalue weighted by Crippen LogP contribution is 2.41. The Morgan fingerprint density at radius 3 is 2.48 bits per heavy atom. The van der Waals surface area contributed by atoms with Gasteiger partial charge in [0.15, 0.2) is 0 Å². The van der Waals surface area contributed by atoms with Gasteiger partial charge in [0.05, 0.1) is 5.41 Å². The van der Waals surface area contributed by atoms with E-state index in [1.807, 2.05) is 6.07 Å². The van der Waals surface area contributed by atoms with Gasteiger partial charge in [0.2, 0.25) is 11.8 Å². The maximum Gasteiger partial charge on any atom is 0.230 e. The van der Waals surface area contributed by atoms with Gasteiger partial charge in [-0.15, -0.1) is 0 Å². The highest BCUT2D eigenvalue weighted by atomic mass is 19.1. The molecular formula is C18H23FN2O2. The van der Waals surface area contributed by atoms with Crippen LogP contribution in [-0.4, -0.2) is 24.9 Å². The average molecular weight is 318 g/mol. The topological polar surface area (TPSA) is 58.2 Å². The SMILES string of the molecule is O=C(NCCNC(=O)C1(c2cccc(F)c2)CCCC1)C1CC1. The van der Waals surface area contributed by atoms with Crippen LogP contribution in [0.3, 0.4) is 0 Å². The smallest absolute Gasteiger partial charge is 0.230 e. The zero-order chi connectivity index (χ0) is 16.3. The molecule has 4 nitrogen and oxygen atoms in total. The van der Waals surface area contributed by atoms with E-state index < -0.39 is 5.41 Å². The van der Waals surface area contributed by atoms with Gasteiger partial charge < -0.3 is 10.6 Å². The van der Waals surface area contributed by atoms with Crippen LogP contribution in [0.15, 0.2) is 24.3 Å². The van der Waals surface area contributed by atoms with Gasteiger partial charge >= 0.3 is 0 Å². The van der Waals surface area contributed by atoms with Crippen LogP contribution in [0.25, 0.3) is 0 Å². The van der Waals surface area contributed by atoms with Crippen molar-refractivity contribution in [2.75, 3.05) is 13.1 Å². The zero-order valence-electron chi connectivity index (χ0n) is 13.2. The number of amides is 2. The van der Waals surface area contributed by atoms with E-state index in [1.54, 1.807) is 6.07 Å². The van der Waals surface area contributed by atoms with Crippen molar-refractivity contribution in [1.82, 2.24) is 10.6 Å². The van der Waals surface area contributed by atoms with E-state index in [9.17, 15) is 14.0 Å². The highest BCUT2D eigenvalue weighted by Gasteiger charge is 2.42. The third kappa shape index (κ3) is 3.54. The normalized spacial score (nSPS) is 19.3. The van der Waals surface area contributed by atoms with Gasteiger partial charge in [0.1, 0.15) is 5.82 Å². The first-order valence-electron chi connectivity index (χ1n) is 8.44. The molecule has 2 aliphatic carbocycles. The molecule has 0 bridgehead atoms. The van der Waals surface area contributed by atoms with Gasteiger partial charge in [0.25, 0.3) is 0 Å². The molecule has 2 N–H and O–H groups in total. The van der Waals surface area contributed by atoms with Crippen LogP contribution in [0.4, 0.5) is 4.39 Å². The number of carbonyl (C=O) groups is 2. The lowest BCUT2D eigenvalue weighted by molar-refractivity contribution is -0.127. The van der Waals surface area contributed by atoms with Gasteiger partial charge in [-0.25, -0.2) is 4.39 Å². The second-order valence-corrected chi connectivity index (χ2v) is 6.62. The summed E-state index contributed by atoms with van der Waals surface area (Å²) in [5, 5.41) is 5.76. The third-order valence-electron chi connectivity index (χ3n) is 4.93. The maximum atomic E-state index is 13.6. The Balaban J connectivity index is 1.59. The molecule has 2 fully saturated rings. The molecule has 0 spiro atoms. The maximum absolute atomic E-state index is 13.6. The van der Waals surface area contributed by atoms with E-state index >= 15 is 0 Å². The molecule has 5 heteroatoms. The first-order valence-corrected chi connectivity index (χ1v) is 8.44. The van der Waals surface area contributed by atoms with E-state index in [0.29, 0.717) is 13.1 Å². The first kappa shape index (κ1) is 16.0. The van der Waals surface area contributed by atoms with Gasteiger partial charge in [-0.1, -0.05) is 25.0 Å². The molecule has 1 aromatic rings. The fourth-order valence-electron chi connectivity index (χ4n) is 3.43. The Morgan fingerprint density at radius 1 is 1.13 bits per heavy atom. The Kier molecular flexibility index (Phi) is 4.64. The molecule has 0 radical (unpaired) electrons. The number of nitrogens with one attached hydrogen (secondary N) is 2. The lowest BCUT2D eigenvalue weighted by Crippen LogP contribution is -2.45. The van der Waals surface area contributed by atoms with Crippen molar-refractivity contribution >= 4 is 11.8 Å². The van der Waals surface area contributed by atoms with Crippen LogP contribution in [-0.2, 0) is 15.0 Å². The minimum absolute atomic E-state index is 0.0544. The van der Waals surface area contributed by atoms with Gasteiger partial charge in [-0.05, 0) is 43.4 Å². The Morgan fingerprint density at radius 2 is 1.83 bits per heavy atom. The average Bonchev–Trinajstić information content (AvgIpc) is 3.28. The van der Waals surface area contributed by atoms with E-state index in [0.717, 1.165) is 44.1 Å². The predicted octanol–water partition coefficient (Wildman–Crippen LogP) is 2.28. The summed E-state index contributed by atoms with van der Waals surface area (Å²) in [5.41, 5.74) is 0.136. The molecule has 1 aromatic carbocycles. The minimum Gasteiger partial charge on any atom is -0.354 e. The molecule has 0 aromatic heterocycles. The summed E-state index contributed by atoms with van der Waals surface area (Å²) in [6.07, 6.45) is 5.39. The van der Waals surface area contributed by atoms with Crippen molar-refractivity contribution < 1.29 is 14.0 Å². The summed E-state index contributed by atoms with van der Waals surface area (Å²) in [4.78, 5) is 24.3. The van der Waals surface area contributed by atoms with E-state index in [2.05, 4.69) is 10.6 Å². The molecule has 0 unspecified atom stereocenters. The van der Waals surface area contributed by atoms with Gasteiger partial charge in [0, 0.05) is 19.0 Å². The molecular weight excluding hydrogens is 295 g/mol. The van der Waals surface area contributed by atoms with Crippen molar-refractivity contribution in [2.24, 2.45) is 5.92 Å². The summed E-state index contributed by atoms with van der Waals surface area (Å²) in [6, 6.07) is 6.37. The number of hydrogen-bond donors (Lipinski definition) is 2. The molecule has 124 valence electrons. The van der Waals surface area contributed by atoms with Crippen molar-refractivity contribution in [3.63, 3.8) is 0 Å². The predicted molar refractivity (Wildman–Crippen MR) is 85.3 cm³/mol. The van der Waals surface area contributed by atoms with Crippen LogP contribution < -0.4 is 10.6 Å². The summed E-state index contributed by atoms with van der Waals surface area (Å²) < 4.78 is 13.6. The van der Waals surface area contributed by atoms with Crippen molar-refractivity contribution in [3.05, 3.63) is 35.6 Å². The van der Waals surface area contributed by atoms with Gasteiger partial charge in [-0.2, -0.15) is 0 Å². The Labute approximate surface area is 135 Å². The number of carbonyl (C=O) groups excluding carboxylic acids is 2. The van der Waals surface area contributed by atoms with Crippen LogP contribution in [0.2, 0.25) is 0 Å². The summed E-state index contributed by atoms with van der Waals surface area (Å²) >= 11 is 0. The lowest BCUT2D eigenvalue weighted by atomic mass is 9.78. The number of halogens is 1. The molecule has 2 saturated carbocycles. The summed E-state index contributed by atoms with van der Waals surface area (Å²) in [7, 11) is 0. The highest BCUT2D eigenvalue weighted by molar-refractivity contribution is 5.88. The molecule has 0 aliphatic heterocycles. The van der Waals surface area contributed by atoms with Crippen molar-refractivity contribution in [2.45, 2.75) is 43.9 Å². The van der Waals surface area contributed by atoms with Crippen molar-refractivity contribution in [1.29, 1.82) is 0 Å². The fourth-order valence-corrected chi connectivity index (χ4v) is 3.43. The Hall–Kier alpha value is -1.91. The second kappa shape index (κ2) is 6.69. The van der Waals surface area contributed by atoms with E-state index in [1.165, 1.54) is 12.1 Å². The molecule has 2 amide bonds. The van der Waals surface area contributed by atoms with Gasteiger partial charge in [-0.3, -0.25) is 9.59 Å². The standard InChI is InChI=1S/C18H23FN2O2/c19-15-5-3-4-14(12-15)18(8-1-2-9-18)17(23)21-11-10-20-16(22)13-6-7-13/h3-5,12-13H,1-2,6-11H2,(H,20,22)(H,21,23). The quantitative estimate of drug-likeness (QED) is 0.791. The molecule has 0 saturated heterocycles. The second-order valence-electron chi connectivity index (χ2n) is 6.62. The molecule has 0 heterocycles. The first-order chi connectivity index (χ1) is 11.1. The molecule has 0 atom stereocenters. The minimum atomic E-state index is -0.622. The summed E-state index contributed by atoms with van der Waals surface area (Å²) in [5.74, 6) is -0.0985. The third-order valence-corrected chi connectivity index (χ3v) is 4.93. The molecule has 23 heavy (non-hydrogen) atoms. The molecule has 2 aliphatic rings. The van der Waals surface area contributed by atoms with E-state index in [4.69, 9.17) is 0 Å². The van der Waals surface area contributed by atoms with Crippen molar-refractivity contribution in [3.8, 4) is 0 Å². The van der Waals surface area contributed by atoms with E-state index in [-0.39, 0.29) is 23.5 Å². The van der Waals surface area contributed by atoms with Crippen LogP contribution in [0.1, 0.15) is 44.1 Å². The largest absolute Gasteiger partial charge is 0.354 e. The molecule has 3 rings (SSSR count). The van der Waals surface area contributed by atoms with Crippen LogP contribution >= 0.6 is 0 Å². The fraction of sp³-hybridized carbons (Fsp3) is 0.556. The monoisotopic (exact) mass is 318 g/mol. The van der Waals surface area contributed by atoms with Crippen LogP contribution in [0.5, 0.6) is 0 Å². The number of benzene rings is 1.